The third-order valence-electron chi connectivity index (χ3n) is 2.01. The number of methoxy groups -OCH3 is 1. The number of cyclic esters (lactones) is 1. The van der Waals surface area contributed by atoms with Gasteiger partial charge < -0.3 is 14.6 Å². The van der Waals surface area contributed by atoms with Crippen LogP contribution in [0.25, 0.3) is 0 Å². The fraction of sp³-hybridized carbons (Fsp3) is 0.333. The van der Waals surface area contributed by atoms with Crippen LogP contribution in [0.3, 0.4) is 0 Å². The zero-order chi connectivity index (χ0) is 13.1. The number of halogens is 1. The number of aromatic nitrogens is 1. The zero-order valence-electron chi connectivity index (χ0n) is 9.21. The summed E-state index contributed by atoms with van der Waals surface area (Å²) in [6.45, 7) is 0.139. The molecular weight excluding hydrogens is 282 g/mol. The Balaban J connectivity index is 2.22. The Morgan fingerprint density at radius 2 is 2.33 bits per heavy atom. The van der Waals surface area contributed by atoms with Crippen molar-refractivity contribution in [3.63, 3.8) is 0 Å². The number of aliphatic hydroxyl groups is 1. The number of hydrogen-bond acceptors (Lipinski definition) is 8. The number of carbonyl (C=O) groups is 1. The number of esters is 1. The van der Waals surface area contributed by atoms with Crippen molar-refractivity contribution in [1.82, 2.24) is 4.98 Å². The molecule has 0 spiro atoms. The quantitative estimate of drug-likeness (QED) is 0.682. The van der Waals surface area contributed by atoms with E-state index < -0.39 is 5.97 Å². The Hall–Kier alpha value is -1.67. The zero-order valence-corrected chi connectivity index (χ0v) is 10.8. The average molecular weight is 290 g/mol. The fourth-order valence-corrected chi connectivity index (χ4v) is 2.10. The lowest BCUT2D eigenvalue weighted by Crippen LogP contribution is -2.16. The van der Waals surface area contributed by atoms with Gasteiger partial charge in [-0.05, 0) is 0 Å². The topological polar surface area (TPSA) is 93.4 Å². The number of hydrogen-bond donors (Lipinski definition) is 1. The van der Waals surface area contributed by atoms with E-state index in [0.717, 1.165) is 11.3 Å². The number of azo groups is 1. The molecule has 18 heavy (non-hydrogen) atoms. The molecule has 0 amide bonds. The largest absolute Gasteiger partial charge is 0.510 e. The van der Waals surface area contributed by atoms with Crippen molar-refractivity contribution in [1.29, 1.82) is 0 Å². The number of ether oxygens (including phenoxy) is 2. The summed E-state index contributed by atoms with van der Waals surface area (Å²) in [5.41, 5.74) is -0.216. The summed E-state index contributed by atoms with van der Waals surface area (Å²) in [5.74, 6) is -0.623. The Labute approximate surface area is 111 Å². The minimum atomic E-state index is -0.711. The maximum atomic E-state index is 11.3. The van der Waals surface area contributed by atoms with Gasteiger partial charge in [-0.25, -0.2) is 4.79 Å². The minimum absolute atomic E-state index is 0.139. The van der Waals surface area contributed by atoms with Crippen LogP contribution in [0.1, 0.15) is 6.42 Å². The second-order valence-corrected chi connectivity index (χ2v) is 4.74. The summed E-state index contributed by atoms with van der Waals surface area (Å²) in [7, 11) is 1.43. The lowest BCUT2D eigenvalue weighted by Gasteiger charge is -2.11. The summed E-state index contributed by atoms with van der Waals surface area (Å²) in [6.07, 6.45) is 0.224. The Morgan fingerprint density at radius 3 is 2.94 bits per heavy atom. The molecule has 2 heterocycles. The molecule has 96 valence electrons. The van der Waals surface area contributed by atoms with Crippen LogP contribution < -0.4 is 4.74 Å². The molecule has 0 atom stereocenters. The molecule has 0 radical (unpaired) electrons. The third kappa shape index (κ3) is 2.59. The maximum Gasteiger partial charge on any atom is 0.362 e. The molecule has 1 aliphatic heterocycles. The molecule has 0 saturated heterocycles. The van der Waals surface area contributed by atoms with Crippen LogP contribution in [-0.4, -0.2) is 29.8 Å². The van der Waals surface area contributed by atoms with Crippen LogP contribution in [0.4, 0.5) is 5.13 Å². The van der Waals surface area contributed by atoms with E-state index in [9.17, 15) is 9.90 Å². The van der Waals surface area contributed by atoms with Gasteiger partial charge in [0.25, 0.3) is 0 Å². The molecule has 1 N–H and O–H groups in total. The molecule has 0 unspecified atom stereocenters. The van der Waals surface area contributed by atoms with E-state index in [-0.39, 0.29) is 35.5 Å². The van der Waals surface area contributed by atoms with Gasteiger partial charge >= 0.3 is 5.97 Å². The number of aliphatic hydroxyl groups excluding tert-OH is 1. The number of thiazole rings is 1. The summed E-state index contributed by atoms with van der Waals surface area (Å²) >= 11 is 6.84. The van der Waals surface area contributed by atoms with Gasteiger partial charge in [0.1, 0.15) is 5.76 Å². The van der Waals surface area contributed by atoms with E-state index in [0.29, 0.717) is 4.34 Å². The number of rotatable bonds is 3. The molecule has 2 rings (SSSR count). The van der Waals surface area contributed by atoms with Gasteiger partial charge in [-0.1, -0.05) is 22.9 Å². The van der Waals surface area contributed by atoms with E-state index in [2.05, 4.69) is 15.2 Å². The van der Waals surface area contributed by atoms with Gasteiger partial charge in [-0.15, -0.1) is 10.2 Å². The number of nitrogens with zero attached hydrogens (tertiary/aromatic N) is 3. The molecule has 0 aromatic carbocycles. The molecule has 0 aliphatic carbocycles. The molecule has 0 bridgehead atoms. The highest BCUT2D eigenvalue weighted by atomic mass is 35.5. The summed E-state index contributed by atoms with van der Waals surface area (Å²) in [4.78, 5) is 15.2. The molecule has 9 heteroatoms. The molecule has 1 aliphatic rings. The summed E-state index contributed by atoms with van der Waals surface area (Å²) in [6, 6.07) is 0. The third-order valence-corrected chi connectivity index (χ3v) is 3.12. The summed E-state index contributed by atoms with van der Waals surface area (Å²) < 4.78 is 9.92. The van der Waals surface area contributed by atoms with Crippen molar-refractivity contribution in [2.45, 2.75) is 6.42 Å². The lowest BCUT2D eigenvalue weighted by atomic mass is 10.2. The highest BCUT2D eigenvalue weighted by molar-refractivity contribution is 7.19. The molecule has 1 aromatic rings. The van der Waals surface area contributed by atoms with Crippen LogP contribution >= 0.6 is 22.9 Å². The second-order valence-electron chi connectivity index (χ2n) is 3.16. The molecule has 1 aromatic heterocycles. The van der Waals surface area contributed by atoms with E-state index in [1.54, 1.807) is 0 Å². The van der Waals surface area contributed by atoms with E-state index in [1.165, 1.54) is 7.11 Å². The average Bonchev–Trinajstić information content (AvgIpc) is 2.69. The summed E-state index contributed by atoms with van der Waals surface area (Å²) in [5, 5.41) is 17.0. The molecular formula is C9H8ClN3O4S. The Morgan fingerprint density at radius 1 is 1.56 bits per heavy atom. The highest BCUT2D eigenvalue weighted by Gasteiger charge is 2.22. The van der Waals surface area contributed by atoms with Crippen molar-refractivity contribution < 1.29 is 19.4 Å². The van der Waals surface area contributed by atoms with Crippen LogP contribution in [0.2, 0.25) is 4.34 Å². The van der Waals surface area contributed by atoms with Gasteiger partial charge in [-0.2, -0.15) is 4.98 Å². The van der Waals surface area contributed by atoms with Crippen LogP contribution in [0, 0.1) is 0 Å². The van der Waals surface area contributed by atoms with Gasteiger partial charge in [0.05, 0.1) is 13.7 Å². The van der Waals surface area contributed by atoms with Crippen LogP contribution in [0.15, 0.2) is 21.7 Å². The first-order valence-electron chi connectivity index (χ1n) is 4.83. The lowest BCUT2D eigenvalue weighted by molar-refractivity contribution is -0.140. The van der Waals surface area contributed by atoms with Crippen molar-refractivity contribution in [2.24, 2.45) is 10.2 Å². The second kappa shape index (κ2) is 5.32. The van der Waals surface area contributed by atoms with Crippen molar-refractivity contribution in [2.75, 3.05) is 13.7 Å². The predicted molar refractivity (Wildman–Crippen MR) is 63.4 cm³/mol. The smallest absolute Gasteiger partial charge is 0.362 e. The van der Waals surface area contributed by atoms with Crippen molar-refractivity contribution in [3.8, 4) is 5.88 Å². The Bertz CT molecular complexity index is 540. The normalized spacial score (nSPS) is 16.2. The monoisotopic (exact) mass is 289 g/mol. The van der Waals surface area contributed by atoms with Crippen molar-refractivity contribution >= 4 is 34.0 Å². The highest BCUT2D eigenvalue weighted by Crippen LogP contribution is 2.35. The van der Waals surface area contributed by atoms with Gasteiger partial charge in [0.15, 0.2) is 4.34 Å². The van der Waals surface area contributed by atoms with Gasteiger partial charge in [-0.3, -0.25) is 0 Å². The standard InChI is InChI=1S/C9H8ClN3O4S/c1-16-7-6(10)18-9(11-7)13-12-5-4(14)2-3-17-8(5)15/h14H,2-3H2,1H3. The van der Waals surface area contributed by atoms with E-state index in [1.807, 2.05) is 0 Å². The minimum Gasteiger partial charge on any atom is -0.510 e. The first kappa shape index (κ1) is 12.8. The molecule has 0 saturated carbocycles. The van der Waals surface area contributed by atoms with Crippen molar-refractivity contribution in [3.05, 3.63) is 15.8 Å². The van der Waals surface area contributed by atoms with Crippen LogP contribution in [0.5, 0.6) is 5.88 Å². The molecule has 7 nitrogen and oxygen atoms in total. The Kier molecular flexibility index (Phi) is 3.78. The first-order chi connectivity index (χ1) is 8.61. The number of carbonyl (C=O) groups excluding carboxylic acids is 1. The first-order valence-corrected chi connectivity index (χ1v) is 6.02. The van der Waals surface area contributed by atoms with E-state index in [4.69, 9.17) is 21.1 Å². The maximum absolute atomic E-state index is 11.3. The predicted octanol–water partition coefficient (Wildman–Crippen LogP) is 2.61. The SMILES string of the molecule is COc1nc(N=NC2=C(O)CCOC2=O)sc1Cl. The van der Waals surface area contributed by atoms with E-state index >= 15 is 0 Å². The molecule has 0 fully saturated rings. The van der Waals surface area contributed by atoms with Gasteiger partial charge in [0, 0.05) is 6.42 Å². The van der Waals surface area contributed by atoms with Gasteiger partial charge in [0.2, 0.25) is 16.7 Å². The fourth-order valence-electron chi connectivity index (χ4n) is 1.18. The van der Waals surface area contributed by atoms with Crippen LogP contribution in [-0.2, 0) is 9.53 Å².